The van der Waals surface area contributed by atoms with Crippen LogP contribution in [0.25, 0.3) is 0 Å². The molecule has 0 aliphatic carbocycles. The van der Waals surface area contributed by atoms with Crippen LogP contribution in [0, 0.1) is 12.8 Å². The van der Waals surface area contributed by atoms with Gasteiger partial charge in [0, 0.05) is 28.8 Å². The number of para-hydroxylation sites is 1. The summed E-state index contributed by atoms with van der Waals surface area (Å²) in [6.45, 7) is 1.79. The Labute approximate surface area is 165 Å². The average molecular weight is 431 g/mol. The van der Waals surface area contributed by atoms with Gasteiger partial charge in [-0.1, -0.05) is 34.1 Å². The summed E-state index contributed by atoms with van der Waals surface area (Å²) in [4.78, 5) is 38.0. The fraction of sp³-hybridized carbons (Fsp3) is 0.250. The number of nitrogens with one attached hydrogen (secondary N) is 1. The van der Waals surface area contributed by atoms with E-state index >= 15 is 0 Å². The summed E-state index contributed by atoms with van der Waals surface area (Å²) in [7, 11) is 0. The van der Waals surface area contributed by atoms with E-state index in [1.54, 1.807) is 11.0 Å². The van der Waals surface area contributed by atoms with Gasteiger partial charge in [-0.25, -0.2) is 0 Å². The minimum absolute atomic E-state index is 0.0846. The Morgan fingerprint density at radius 2 is 1.96 bits per heavy atom. The summed E-state index contributed by atoms with van der Waals surface area (Å²) < 4.78 is 6.05. The number of nitrogens with zero attached hydrogens (tertiary/aromatic N) is 1. The first-order valence-corrected chi connectivity index (χ1v) is 9.31. The molecule has 0 radical (unpaired) electrons. The van der Waals surface area contributed by atoms with Crippen LogP contribution in [0.3, 0.4) is 0 Å². The van der Waals surface area contributed by atoms with Crippen LogP contribution in [0.2, 0.25) is 0 Å². The van der Waals surface area contributed by atoms with Gasteiger partial charge in [0.1, 0.15) is 0 Å². The molecule has 7 heteroatoms. The number of aryl methyl sites for hydroxylation is 1. The zero-order valence-corrected chi connectivity index (χ0v) is 16.4. The lowest BCUT2D eigenvalue weighted by atomic mass is 10.1. The number of carbonyl (C=O) groups excluding carboxylic acids is 3. The van der Waals surface area contributed by atoms with E-state index in [1.165, 1.54) is 0 Å². The SMILES string of the molecule is Cc1cc(NC(=O)COC(=O)[C@@H]2CC(=O)N(c3ccccc3)C2)ccc1Br. The fourth-order valence-electron chi connectivity index (χ4n) is 2.90. The molecule has 1 heterocycles. The lowest BCUT2D eigenvalue weighted by molar-refractivity contribution is -0.151. The van der Waals surface area contributed by atoms with Crippen molar-refractivity contribution in [2.24, 2.45) is 5.92 Å². The molecule has 1 N–H and O–H groups in total. The topological polar surface area (TPSA) is 75.7 Å². The minimum Gasteiger partial charge on any atom is -0.455 e. The molecule has 1 aliphatic heterocycles. The Bertz CT molecular complexity index is 870. The third kappa shape index (κ3) is 4.74. The Morgan fingerprint density at radius 3 is 2.67 bits per heavy atom. The molecule has 1 fully saturated rings. The molecule has 140 valence electrons. The number of esters is 1. The van der Waals surface area contributed by atoms with Crippen LogP contribution in [0.1, 0.15) is 12.0 Å². The molecule has 2 amide bonds. The van der Waals surface area contributed by atoms with Crippen LogP contribution in [-0.4, -0.2) is 30.9 Å². The highest BCUT2D eigenvalue weighted by Crippen LogP contribution is 2.25. The van der Waals surface area contributed by atoms with Crippen molar-refractivity contribution < 1.29 is 19.1 Å². The lowest BCUT2D eigenvalue weighted by Gasteiger charge is -2.16. The maximum absolute atomic E-state index is 12.2. The van der Waals surface area contributed by atoms with E-state index in [-0.39, 0.29) is 25.5 Å². The van der Waals surface area contributed by atoms with Crippen molar-refractivity contribution in [3.8, 4) is 0 Å². The molecule has 1 saturated heterocycles. The molecule has 0 unspecified atom stereocenters. The standard InChI is InChI=1S/C20H19BrN2O4/c1-13-9-15(7-8-17(13)21)22-18(24)12-27-20(26)14-10-19(25)23(11-14)16-5-3-2-4-6-16/h2-9,14H,10-12H2,1H3,(H,22,24)/t14-/m1/s1. The highest BCUT2D eigenvalue weighted by atomic mass is 79.9. The first-order valence-electron chi connectivity index (χ1n) is 8.52. The van der Waals surface area contributed by atoms with Gasteiger partial charge in [-0.05, 0) is 42.8 Å². The summed E-state index contributed by atoms with van der Waals surface area (Å²) >= 11 is 3.40. The molecule has 27 heavy (non-hydrogen) atoms. The fourth-order valence-corrected chi connectivity index (χ4v) is 3.14. The summed E-state index contributed by atoms with van der Waals surface area (Å²) in [5, 5.41) is 2.68. The van der Waals surface area contributed by atoms with Crippen molar-refractivity contribution in [2.75, 3.05) is 23.4 Å². The van der Waals surface area contributed by atoms with E-state index in [1.807, 2.05) is 49.4 Å². The third-order valence-electron chi connectivity index (χ3n) is 4.31. The molecule has 0 aromatic heterocycles. The van der Waals surface area contributed by atoms with E-state index in [0.29, 0.717) is 5.69 Å². The molecule has 2 aromatic carbocycles. The van der Waals surface area contributed by atoms with Gasteiger partial charge in [0.2, 0.25) is 5.91 Å². The van der Waals surface area contributed by atoms with Crippen molar-refractivity contribution in [1.82, 2.24) is 0 Å². The molecule has 0 bridgehead atoms. The van der Waals surface area contributed by atoms with E-state index in [0.717, 1.165) is 15.7 Å². The lowest BCUT2D eigenvalue weighted by Crippen LogP contribution is -2.28. The predicted octanol–water partition coefficient (Wildman–Crippen LogP) is 3.29. The zero-order chi connectivity index (χ0) is 19.4. The van der Waals surface area contributed by atoms with Crippen LogP contribution in [0.15, 0.2) is 53.0 Å². The van der Waals surface area contributed by atoms with E-state index in [2.05, 4.69) is 21.2 Å². The van der Waals surface area contributed by atoms with Gasteiger partial charge in [-0.15, -0.1) is 0 Å². The summed E-state index contributed by atoms with van der Waals surface area (Å²) in [6.07, 6.45) is 0.0846. The highest BCUT2D eigenvalue weighted by molar-refractivity contribution is 9.10. The smallest absolute Gasteiger partial charge is 0.311 e. The van der Waals surface area contributed by atoms with Crippen molar-refractivity contribution in [3.05, 3.63) is 58.6 Å². The number of amides is 2. The number of anilines is 2. The maximum Gasteiger partial charge on any atom is 0.311 e. The van der Waals surface area contributed by atoms with Crippen LogP contribution < -0.4 is 10.2 Å². The Kier molecular flexibility index (Phi) is 5.91. The van der Waals surface area contributed by atoms with Crippen molar-refractivity contribution in [1.29, 1.82) is 0 Å². The minimum atomic E-state index is -0.569. The second-order valence-corrected chi connectivity index (χ2v) is 7.22. The van der Waals surface area contributed by atoms with Crippen molar-refractivity contribution in [3.63, 3.8) is 0 Å². The largest absolute Gasteiger partial charge is 0.455 e. The molecule has 3 rings (SSSR count). The Morgan fingerprint density at radius 1 is 1.22 bits per heavy atom. The van der Waals surface area contributed by atoms with Gasteiger partial charge in [0.05, 0.1) is 5.92 Å². The highest BCUT2D eigenvalue weighted by Gasteiger charge is 2.36. The predicted molar refractivity (Wildman–Crippen MR) is 105 cm³/mol. The van der Waals surface area contributed by atoms with Gasteiger partial charge < -0.3 is 15.0 Å². The number of benzene rings is 2. The number of hydrogen-bond acceptors (Lipinski definition) is 4. The number of hydrogen-bond donors (Lipinski definition) is 1. The molecule has 0 spiro atoms. The van der Waals surface area contributed by atoms with Crippen molar-refractivity contribution in [2.45, 2.75) is 13.3 Å². The van der Waals surface area contributed by atoms with E-state index in [9.17, 15) is 14.4 Å². The second-order valence-electron chi connectivity index (χ2n) is 6.36. The van der Waals surface area contributed by atoms with E-state index < -0.39 is 17.8 Å². The Balaban J connectivity index is 1.51. The first kappa shape index (κ1) is 19.1. The number of rotatable bonds is 5. The summed E-state index contributed by atoms with van der Waals surface area (Å²) in [6, 6.07) is 14.6. The van der Waals surface area contributed by atoms with Crippen LogP contribution in [0.4, 0.5) is 11.4 Å². The number of carbonyl (C=O) groups is 3. The molecule has 0 saturated carbocycles. The van der Waals surface area contributed by atoms with Gasteiger partial charge in [0.15, 0.2) is 6.61 Å². The van der Waals surface area contributed by atoms with Crippen LogP contribution in [0.5, 0.6) is 0 Å². The Hall–Kier alpha value is -2.67. The monoisotopic (exact) mass is 430 g/mol. The third-order valence-corrected chi connectivity index (χ3v) is 5.20. The quantitative estimate of drug-likeness (QED) is 0.738. The molecule has 6 nitrogen and oxygen atoms in total. The summed E-state index contributed by atoms with van der Waals surface area (Å²) in [5.74, 6) is -1.66. The van der Waals surface area contributed by atoms with Gasteiger partial charge >= 0.3 is 5.97 Å². The molecule has 1 atom stereocenters. The molecular formula is C20H19BrN2O4. The van der Waals surface area contributed by atoms with Crippen LogP contribution in [-0.2, 0) is 19.1 Å². The molecule has 2 aromatic rings. The van der Waals surface area contributed by atoms with Gasteiger partial charge in [0.25, 0.3) is 5.91 Å². The molecule has 1 aliphatic rings. The average Bonchev–Trinajstić information content (AvgIpc) is 3.05. The van der Waals surface area contributed by atoms with Gasteiger partial charge in [-0.3, -0.25) is 14.4 Å². The number of halogens is 1. The second kappa shape index (κ2) is 8.35. The van der Waals surface area contributed by atoms with E-state index in [4.69, 9.17) is 4.74 Å². The van der Waals surface area contributed by atoms with Crippen molar-refractivity contribution >= 4 is 45.1 Å². The first-order chi connectivity index (χ1) is 12.9. The van der Waals surface area contributed by atoms with Crippen LogP contribution >= 0.6 is 15.9 Å². The van der Waals surface area contributed by atoms with Gasteiger partial charge in [-0.2, -0.15) is 0 Å². The maximum atomic E-state index is 12.2. The number of ether oxygens (including phenoxy) is 1. The zero-order valence-electron chi connectivity index (χ0n) is 14.8. The molecular weight excluding hydrogens is 412 g/mol. The summed E-state index contributed by atoms with van der Waals surface area (Å²) in [5.41, 5.74) is 2.36. The normalized spacial score (nSPS) is 16.3.